The summed E-state index contributed by atoms with van der Waals surface area (Å²) in [6.45, 7) is 0.368. The Morgan fingerprint density at radius 1 is 1.27 bits per heavy atom. The number of hydrogen-bond donors (Lipinski definition) is 1. The zero-order valence-electron chi connectivity index (χ0n) is 7.97. The molecule has 0 amide bonds. The minimum absolute atomic E-state index is 0.0546. The Morgan fingerprint density at radius 2 is 2.00 bits per heavy atom. The third-order valence-electron chi connectivity index (χ3n) is 1.77. The van der Waals surface area contributed by atoms with Crippen molar-refractivity contribution in [1.82, 2.24) is 0 Å². The molecule has 84 valence electrons. The van der Waals surface area contributed by atoms with Crippen molar-refractivity contribution in [3.05, 3.63) is 28.2 Å². The molecule has 0 atom stereocenters. The van der Waals surface area contributed by atoms with E-state index in [2.05, 4.69) is 28.6 Å². The molecule has 0 heterocycles. The quantitative estimate of drug-likeness (QED) is 0.494. The lowest BCUT2D eigenvalue weighted by Crippen LogP contribution is -2.01. The molecule has 0 saturated heterocycles. The smallest absolute Gasteiger partial charge is 0.200 e. The van der Waals surface area contributed by atoms with Crippen molar-refractivity contribution in [2.75, 3.05) is 12.4 Å². The topological polar surface area (TPSA) is 9.23 Å². The second-order valence-electron chi connectivity index (χ2n) is 2.98. The summed E-state index contributed by atoms with van der Waals surface area (Å²) in [6.07, 6.45) is 1.66. The number of unbranched alkanes of at least 4 members (excludes halogenated alkanes) is 1. The van der Waals surface area contributed by atoms with Crippen LogP contribution in [0, 0.1) is 11.6 Å². The van der Waals surface area contributed by atoms with E-state index < -0.39 is 11.6 Å². The van der Waals surface area contributed by atoms with Gasteiger partial charge in [-0.25, -0.2) is 4.39 Å². The third-order valence-corrected chi connectivity index (χ3v) is 2.54. The number of ether oxygens (including phenoxy) is 1. The molecule has 0 aliphatic carbocycles. The van der Waals surface area contributed by atoms with Crippen molar-refractivity contribution in [3.63, 3.8) is 0 Å². The second-order valence-corrected chi connectivity index (χ2v) is 4.34. The largest absolute Gasteiger partial charge is 0.490 e. The molecular formula is C10H11BrF2OS. The van der Waals surface area contributed by atoms with Crippen LogP contribution < -0.4 is 4.74 Å². The molecule has 0 saturated carbocycles. The van der Waals surface area contributed by atoms with Gasteiger partial charge in [0, 0.05) is 4.47 Å². The maximum Gasteiger partial charge on any atom is 0.200 e. The van der Waals surface area contributed by atoms with Crippen molar-refractivity contribution in [2.24, 2.45) is 0 Å². The zero-order valence-corrected chi connectivity index (χ0v) is 10.5. The fourth-order valence-electron chi connectivity index (χ4n) is 1.03. The van der Waals surface area contributed by atoms with Crippen LogP contribution in [0.4, 0.5) is 8.78 Å². The number of thiol groups is 1. The minimum atomic E-state index is -0.941. The highest BCUT2D eigenvalue weighted by Crippen LogP contribution is 2.25. The van der Waals surface area contributed by atoms with Gasteiger partial charge in [-0.15, -0.1) is 0 Å². The van der Waals surface area contributed by atoms with Crippen molar-refractivity contribution in [3.8, 4) is 5.75 Å². The molecule has 0 fully saturated rings. The van der Waals surface area contributed by atoms with Gasteiger partial charge in [0.05, 0.1) is 6.61 Å². The Morgan fingerprint density at radius 3 is 2.67 bits per heavy atom. The molecule has 1 aromatic rings. The van der Waals surface area contributed by atoms with Gasteiger partial charge in [-0.3, -0.25) is 0 Å². The van der Waals surface area contributed by atoms with Gasteiger partial charge in [-0.05, 0) is 30.7 Å². The average Bonchev–Trinajstić information content (AvgIpc) is 2.19. The van der Waals surface area contributed by atoms with E-state index >= 15 is 0 Å². The van der Waals surface area contributed by atoms with Crippen LogP contribution in [0.25, 0.3) is 0 Å². The first-order valence-electron chi connectivity index (χ1n) is 4.53. The Balaban J connectivity index is 2.60. The summed E-state index contributed by atoms with van der Waals surface area (Å²) >= 11 is 7.11. The van der Waals surface area contributed by atoms with Crippen molar-refractivity contribution < 1.29 is 13.5 Å². The minimum Gasteiger partial charge on any atom is -0.490 e. The molecule has 0 aliphatic heterocycles. The Hall–Kier alpha value is -0.290. The molecule has 1 nitrogen and oxygen atoms in total. The number of halogens is 3. The summed E-state index contributed by atoms with van der Waals surface area (Å²) in [5.74, 6) is -1.14. The highest BCUT2D eigenvalue weighted by atomic mass is 79.9. The van der Waals surface area contributed by atoms with Crippen LogP contribution in [0.15, 0.2) is 16.6 Å². The van der Waals surface area contributed by atoms with Crippen LogP contribution >= 0.6 is 28.6 Å². The molecule has 5 heteroatoms. The van der Waals surface area contributed by atoms with Crippen LogP contribution in [0.3, 0.4) is 0 Å². The van der Waals surface area contributed by atoms with Gasteiger partial charge in [0.15, 0.2) is 11.6 Å². The number of hydrogen-bond acceptors (Lipinski definition) is 2. The Kier molecular flexibility index (Phi) is 5.39. The van der Waals surface area contributed by atoms with Crippen LogP contribution in [-0.2, 0) is 0 Å². The maximum atomic E-state index is 13.2. The third kappa shape index (κ3) is 3.99. The number of rotatable bonds is 5. The molecule has 0 aliphatic rings. The SMILES string of the molecule is Fc1cc(Br)cc(OCCCCS)c1F. The second kappa shape index (κ2) is 6.33. The molecule has 0 N–H and O–H groups in total. The lowest BCUT2D eigenvalue weighted by Gasteiger charge is -2.07. The summed E-state index contributed by atoms with van der Waals surface area (Å²) in [4.78, 5) is 0. The van der Waals surface area contributed by atoms with Gasteiger partial charge in [-0.1, -0.05) is 15.9 Å². The average molecular weight is 297 g/mol. The van der Waals surface area contributed by atoms with E-state index in [0.29, 0.717) is 11.1 Å². The molecular weight excluding hydrogens is 286 g/mol. The Bertz CT molecular complexity index is 333. The predicted molar refractivity (Wildman–Crippen MR) is 62.6 cm³/mol. The van der Waals surface area contributed by atoms with Crippen molar-refractivity contribution in [1.29, 1.82) is 0 Å². The summed E-state index contributed by atoms with van der Waals surface area (Å²) in [5, 5.41) is 0. The maximum absolute atomic E-state index is 13.2. The molecule has 0 unspecified atom stereocenters. The van der Waals surface area contributed by atoms with Gasteiger partial charge in [0.1, 0.15) is 0 Å². The fourth-order valence-corrected chi connectivity index (χ4v) is 1.67. The summed E-state index contributed by atoms with van der Waals surface area (Å²) < 4.78 is 31.7. The van der Waals surface area contributed by atoms with Gasteiger partial charge in [0.2, 0.25) is 5.82 Å². The van der Waals surface area contributed by atoms with Crippen molar-refractivity contribution in [2.45, 2.75) is 12.8 Å². The monoisotopic (exact) mass is 296 g/mol. The summed E-state index contributed by atoms with van der Waals surface area (Å²) in [6, 6.07) is 2.48. The van der Waals surface area contributed by atoms with E-state index in [4.69, 9.17) is 4.74 Å². The first-order chi connectivity index (χ1) is 7.15. The lowest BCUT2D eigenvalue weighted by molar-refractivity contribution is 0.289. The molecule has 15 heavy (non-hydrogen) atoms. The molecule has 0 spiro atoms. The summed E-state index contributed by atoms with van der Waals surface area (Å²) in [7, 11) is 0. The molecule has 0 aromatic heterocycles. The molecule has 0 bridgehead atoms. The van der Waals surface area contributed by atoms with Gasteiger partial charge >= 0.3 is 0 Å². The molecule has 1 rings (SSSR count). The Labute approximate surface area is 101 Å². The van der Waals surface area contributed by atoms with Gasteiger partial charge in [0.25, 0.3) is 0 Å². The van der Waals surface area contributed by atoms with Crippen LogP contribution in [0.5, 0.6) is 5.75 Å². The fraction of sp³-hybridized carbons (Fsp3) is 0.400. The van der Waals surface area contributed by atoms with Crippen LogP contribution in [-0.4, -0.2) is 12.4 Å². The van der Waals surface area contributed by atoms with E-state index in [0.717, 1.165) is 24.7 Å². The highest BCUT2D eigenvalue weighted by Gasteiger charge is 2.10. The first kappa shape index (κ1) is 12.8. The van der Waals surface area contributed by atoms with Crippen molar-refractivity contribution >= 4 is 28.6 Å². The predicted octanol–water partition coefficient (Wildman–Crippen LogP) is 3.82. The first-order valence-corrected chi connectivity index (χ1v) is 5.96. The summed E-state index contributed by atoms with van der Waals surface area (Å²) in [5.41, 5.74) is 0. The highest BCUT2D eigenvalue weighted by molar-refractivity contribution is 9.10. The van der Waals surface area contributed by atoms with Crippen LogP contribution in [0.2, 0.25) is 0 Å². The lowest BCUT2D eigenvalue weighted by atomic mass is 10.3. The molecule has 0 radical (unpaired) electrons. The zero-order chi connectivity index (χ0) is 11.3. The van der Waals surface area contributed by atoms with Gasteiger partial charge in [-0.2, -0.15) is 17.0 Å². The standard InChI is InChI=1S/C10H11BrF2OS/c11-7-5-8(12)10(13)9(6-7)14-3-1-2-4-15/h5-6,15H,1-4H2. The van der Waals surface area contributed by atoms with E-state index in [1.54, 1.807) is 0 Å². The van der Waals surface area contributed by atoms with E-state index in [-0.39, 0.29) is 5.75 Å². The van der Waals surface area contributed by atoms with E-state index in [1.165, 1.54) is 6.07 Å². The van der Waals surface area contributed by atoms with E-state index in [9.17, 15) is 8.78 Å². The number of benzene rings is 1. The molecule has 1 aromatic carbocycles. The van der Waals surface area contributed by atoms with Crippen LogP contribution in [0.1, 0.15) is 12.8 Å². The van der Waals surface area contributed by atoms with Gasteiger partial charge < -0.3 is 4.74 Å². The normalized spacial score (nSPS) is 10.4. The van der Waals surface area contributed by atoms with E-state index in [1.807, 2.05) is 0 Å².